The summed E-state index contributed by atoms with van der Waals surface area (Å²) < 4.78 is 1.78. The molecule has 0 saturated heterocycles. The molecule has 0 atom stereocenters. The lowest BCUT2D eigenvalue weighted by Crippen LogP contribution is -2.24. The Morgan fingerprint density at radius 1 is 1.22 bits per heavy atom. The Labute approximate surface area is 160 Å². The molecule has 0 unspecified atom stereocenters. The van der Waals surface area contributed by atoms with Crippen LogP contribution in [0.3, 0.4) is 0 Å². The smallest absolute Gasteiger partial charge is 0.261 e. The van der Waals surface area contributed by atoms with Crippen LogP contribution in [0.15, 0.2) is 23.0 Å². The van der Waals surface area contributed by atoms with Crippen LogP contribution in [0.25, 0.3) is 10.9 Å². The highest BCUT2D eigenvalue weighted by molar-refractivity contribution is 7.15. The highest BCUT2D eigenvalue weighted by atomic mass is 32.1. The van der Waals surface area contributed by atoms with E-state index in [-0.39, 0.29) is 17.4 Å². The van der Waals surface area contributed by atoms with Gasteiger partial charge in [0, 0.05) is 24.4 Å². The van der Waals surface area contributed by atoms with Gasteiger partial charge < -0.3 is 0 Å². The summed E-state index contributed by atoms with van der Waals surface area (Å²) in [7, 11) is 0. The number of benzene rings is 1. The summed E-state index contributed by atoms with van der Waals surface area (Å²) in [6, 6.07) is 5.04. The summed E-state index contributed by atoms with van der Waals surface area (Å²) in [4.78, 5) is 30.0. The number of carbonyl (C=O) groups is 1. The largest absolute Gasteiger partial charge is 0.296 e. The second kappa shape index (κ2) is 7.19. The lowest BCUT2D eigenvalue weighted by Gasteiger charge is -2.10. The van der Waals surface area contributed by atoms with Gasteiger partial charge in [0.25, 0.3) is 11.5 Å². The number of nitrogens with one attached hydrogen (secondary N) is 1. The number of amides is 1. The van der Waals surface area contributed by atoms with Crippen LogP contribution >= 0.6 is 11.3 Å². The van der Waals surface area contributed by atoms with E-state index in [1.165, 1.54) is 11.3 Å². The first-order valence-corrected chi connectivity index (χ1v) is 10.0. The summed E-state index contributed by atoms with van der Waals surface area (Å²) in [5.74, 6) is 0.801. The Morgan fingerprint density at radius 3 is 2.85 bits per heavy atom. The number of aryl methyl sites for hydroxylation is 1. The molecule has 7 nitrogen and oxygen atoms in total. The molecule has 0 saturated carbocycles. The van der Waals surface area contributed by atoms with Gasteiger partial charge >= 0.3 is 0 Å². The van der Waals surface area contributed by atoms with Crippen LogP contribution in [-0.2, 0) is 13.0 Å². The van der Waals surface area contributed by atoms with E-state index in [1.54, 1.807) is 22.8 Å². The lowest BCUT2D eigenvalue weighted by atomic mass is 10.1. The van der Waals surface area contributed by atoms with Gasteiger partial charge in [0.2, 0.25) is 5.13 Å². The minimum absolute atomic E-state index is 0.0189. The first kappa shape index (κ1) is 17.8. The van der Waals surface area contributed by atoms with Crippen molar-refractivity contribution in [1.82, 2.24) is 19.7 Å². The summed E-state index contributed by atoms with van der Waals surface area (Å²) in [5.41, 5.74) is 1.00. The molecule has 2 aromatic heterocycles. The van der Waals surface area contributed by atoms with E-state index in [0.717, 1.165) is 36.5 Å². The summed E-state index contributed by atoms with van der Waals surface area (Å²) in [5, 5.41) is 12.8. The molecule has 1 aliphatic heterocycles. The highest BCUT2D eigenvalue weighted by Crippen LogP contribution is 2.23. The van der Waals surface area contributed by atoms with Crippen molar-refractivity contribution in [3.8, 4) is 0 Å². The summed E-state index contributed by atoms with van der Waals surface area (Å²) >= 11 is 1.37. The predicted molar refractivity (Wildman–Crippen MR) is 106 cm³/mol. The maximum absolute atomic E-state index is 12.8. The predicted octanol–water partition coefficient (Wildman–Crippen LogP) is 3.35. The number of nitrogens with zero attached hydrogens (tertiary/aromatic N) is 4. The normalized spacial score (nSPS) is 14.2. The number of anilines is 1. The molecule has 3 heterocycles. The van der Waals surface area contributed by atoms with Crippen LogP contribution in [0, 0.1) is 0 Å². The molecule has 140 valence electrons. The second-order valence-corrected chi connectivity index (χ2v) is 8.09. The van der Waals surface area contributed by atoms with Gasteiger partial charge in [-0.2, -0.15) is 0 Å². The maximum atomic E-state index is 12.8. The average Bonchev–Trinajstić information content (AvgIpc) is 2.99. The number of aromatic nitrogens is 4. The molecule has 27 heavy (non-hydrogen) atoms. The number of rotatable bonds is 3. The quantitative estimate of drug-likeness (QED) is 0.749. The fourth-order valence-electron chi connectivity index (χ4n) is 3.25. The molecule has 1 N–H and O–H groups in total. The van der Waals surface area contributed by atoms with Gasteiger partial charge in [-0.15, -0.1) is 10.2 Å². The Kier molecular flexibility index (Phi) is 4.73. The van der Waals surface area contributed by atoms with Crippen LogP contribution in [0.5, 0.6) is 0 Å². The average molecular weight is 383 g/mol. The molecule has 0 radical (unpaired) electrons. The Bertz CT molecular complexity index is 1070. The van der Waals surface area contributed by atoms with E-state index in [0.29, 0.717) is 28.1 Å². The van der Waals surface area contributed by atoms with Crippen molar-refractivity contribution in [3.63, 3.8) is 0 Å². The first-order valence-electron chi connectivity index (χ1n) is 9.21. The van der Waals surface area contributed by atoms with Gasteiger partial charge in [-0.25, -0.2) is 4.98 Å². The molecule has 1 aromatic carbocycles. The minimum Gasteiger partial charge on any atom is -0.296 e. The SMILES string of the molecule is CC(C)c1nnc(NC(=O)c2ccc3c(=O)n4c(nc3c2)CCCCC4)s1. The van der Waals surface area contributed by atoms with E-state index < -0.39 is 0 Å². The van der Waals surface area contributed by atoms with Gasteiger partial charge in [-0.05, 0) is 31.0 Å². The molecule has 1 amide bonds. The van der Waals surface area contributed by atoms with E-state index in [9.17, 15) is 9.59 Å². The summed E-state index contributed by atoms with van der Waals surface area (Å²) in [6.45, 7) is 4.78. The number of hydrogen-bond acceptors (Lipinski definition) is 6. The van der Waals surface area contributed by atoms with Crippen molar-refractivity contribution in [1.29, 1.82) is 0 Å². The number of carbonyl (C=O) groups excluding carboxylic acids is 1. The lowest BCUT2D eigenvalue weighted by molar-refractivity contribution is 0.102. The van der Waals surface area contributed by atoms with E-state index in [1.807, 2.05) is 13.8 Å². The molecule has 1 aliphatic rings. The minimum atomic E-state index is -0.278. The highest BCUT2D eigenvalue weighted by Gasteiger charge is 2.16. The van der Waals surface area contributed by atoms with Crippen LogP contribution in [0.1, 0.15) is 60.2 Å². The van der Waals surface area contributed by atoms with E-state index in [4.69, 9.17) is 0 Å². The zero-order chi connectivity index (χ0) is 19.0. The van der Waals surface area contributed by atoms with Crippen LogP contribution in [-0.4, -0.2) is 25.7 Å². The van der Waals surface area contributed by atoms with Crippen molar-refractivity contribution in [2.45, 2.75) is 52.0 Å². The third kappa shape index (κ3) is 3.49. The molecule has 0 spiro atoms. The Balaban J connectivity index is 1.66. The molecular formula is C19H21N5O2S. The molecule has 4 rings (SSSR count). The third-order valence-corrected chi connectivity index (χ3v) is 5.87. The maximum Gasteiger partial charge on any atom is 0.261 e. The monoisotopic (exact) mass is 383 g/mol. The van der Waals surface area contributed by atoms with Gasteiger partial charge in [-0.1, -0.05) is 31.6 Å². The molecule has 3 aromatic rings. The van der Waals surface area contributed by atoms with Crippen molar-refractivity contribution < 1.29 is 4.79 Å². The van der Waals surface area contributed by atoms with Gasteiger partial charge in [0.15, 0.2) is 0 Å². The Morgan fingerprint density at radius 2 is 2.07 bits per heavy atom. The van der Waals surface area contributed by atoms with Crippen molar-refractivity contribution >= 4 is 33.3 Å². The zero-order valence-electron chi connectivity index (χ0n) is 15.4. The van der Waals surface area contributed by atoms with Crippen LogP contribution in [0.2, 0.25) is 0 Å². The molecule has 0 fully saturated rings. The number of hydrogen-bond donors (Lipinski definition) is 1. The van der Waals surface area contributed by atoms with Crippen LogP contribution in [0.4, 0.5) is 5.13 Å². The van der Waals surface area contributed by atoms with E-state index in [2.05, 4.69) is 20.5 Å². The summed E-state index contributed by atoms with van der Waals surface area (Å²) in [6.07, 6.45) is 3.94. The zero-order valence-corrected chi connectivity index (χ0v) is 16.2. The topological polar surface area (TPSA) is 89.8 Å². The molecule has 0 bridgehead atoms. The van der Waals surface area contributed by atoms with E-state index >= 15 is 0 Å². The standard InChI is InChI=1S/C19H21N5O2S/c1-11(2)17-22-23-19(27-17)21-16(25)12-7-8-13-14(10-12)20-15-6-4-3-5-9-24(15)18(13)26/h7-8,10-11H,3-6,9H2,1-2H3,(H,21,23,25). The molecular weight excluding hydrogens is 362 g/mol. The van der Waals surface area contributed by atoms with Crippen molar-refractivity contribution in [3.05, 3.63) is 44.9 Å². The Hall–Kier alpha value is -2.61. The fourth-order valence-corrected chi connectivity index (χ4v) is 3.99. The number of fused-ring (bicyclic) bond motifs is 2. The van der Waals surface area contributed by atoms with Gasteiger partial charge in [0.1, 0.15) is 10.8 Å². The third-order valence-electron chi connectivity index (χ3n) is 4.73. The van der Waals surface area contributed by atoms with Gasteiger partial charge in [0.05, 0.1) is 10.9 Å². The molecule has 8 heteroatoms. The van der Waals surface area contributed by atoms with Crippen molar-refractivity contribution in [2.24, 2.45) is 0 Å². The van der Waals surface area contributed by atoms with Crippen LogP contribution < -0.4 is 10.9 Å². The first-order chi connectivity index (χ1) is 13.0. The fraction of sp³-hybridized carbons (Fsp3) is 0.421. The molecule has 0 aliphatic carbocycles. The van der Waals surface area contributed by atoms with Crippen molar-refractivity contribution in [2.75, 3.05) is 5.32 Å². The van der Waals surface area contributed by atoms with Gasteiger partial charge in [-0.3, -0.25) is 19.5 Å². The second-order valence-electron chi connectivity index (χ2n) is 7.08.